The van der Waals surface area contributed by atoms with Gasteiger partial charge in [-0.1, -0.05) is 12.1 Å². The van der Waals surface area contributed by atoms with Crippen LogP contribution in [0.4, 0.5) is 0 Å². The van der Waals surface area contributed by atoms with Gasteiger partial charge in [0.2, 0.25) is 0 Å². The molecule has 4 nitrogen and oxygen atoms in total. The zero-order valence-electron chi connectivity index (χ0n) is 14.6. The summed E-state index contributed by atoms with van der Waals surface area (Å²) in [7, 11) is 1.63. The maximum Gasteiger partial charge on any atom is 0.134 e. The molecule has 0 radical (unpaired) electrons. The molecular weight excluding hydrogens is 344 g/mol. The van der Waals surface area contributed by atoms with Crippen molar-refractivity contribution in [1.29, 1.82) is 5.26 Å². The average Bonchev–Trinajstić information content (AvgIpc) is 3.17. The van der Waals surface area contributed by atoms with Gasteiger partial charge in [0.05, 0.1) is 25.0 Å². The summed E-state index contributed by atoms with van der Waals surface area (Å²) >= 11 is 1.46. The third-order valence-electron chi connectivity index (χ3n) is 3.74. The molecule has 0 spiro atoms. The van der Waals surface area contributed by atoms with E-state index < -0.39 is 0 Å². The zero-order chi connectivity index (χ0) is 18.4. The lowest BCUT2D eigenvalue weighted by atomic mass is 10.1. The highest BCUT2D eigenvalue weighted by atomic mass is 32.1. The van der Waals surface area contributed by atoms with Crippen LogP contribution in [0.5, 0.6) is 11.5 Å². The summed E-state index contributed by atoms with van der Waals surface area (Å²) in [6.45, 7) is 2.60. The van der Waals surface area contributed by atoms with E-state index in [0.29, 0.717) is 17.2 Å². The van der Waals surface area contributed by atoms with Gasteiger partial charge in [-0.05, 0) is 55.0 Å². The van der Waals surface area contributed by atoms with Gasteiger partial charge in [0.25, 0.3) is 0 Å². The number of nitrogens with zero attached hydrogens (tertiary/aromatic N) is 2. The smallest absolute Gasteiger partial charge is 0.134 e. The van der Waals surface area contributed by atoms with Gasteiger partial charge >= 0.3 is 0 Å². The highest BCUT2D eigenvalue weighted by Crippen LogP contribution is 2.28. The van der Waals surface area contributed by atoms with Crippen molar-refractivity contribution in [1.82, 2.24) is 4.98 Å². The molecule has 0 aliphatic heterocycles. The Morgan fingerprint density at radius 3 is 2.42 bits per heavy atom. The van der Waals surface area contributed by atoms with E-state index in [1.54, 1.807) is 7.11 Å². The van der Waals surface area contributed by atoms with Crippen LogP contribution in [0.1, 0.15) is 17.5 Å². The van der Waals surface area contributed by atoms with Crippen LogP contribution in [0.15, 0.2) is 53.9 Å². The van der Waals surface area contributed by atoms with Crippen LogP contribution >= 0.6 is 11.3 Å². The highest BCUT2D eigenvalue weighted by molar-refractivity contribution is 7.11. The number of hydrogen-bond acceptors (Lipinski definition) is 5. The minimum Gasteiger partial charge on any atom is -0.497 e. The predicted octanol–water partition coefficient (Wildman–Crippen LogP) is 5.28. The van der Waals surface area contributed by atoms with Crippen molar-refractivity contribution in [2.24, 2.45) is 0 Å². The van der Waals surface area contributed by atoms with Crippen LogP contribution in [0.25, 0.3) is 22.9 Å². The van der Waals surface area contributed by atoms with Gasteiger partial charge in [-0.25, -0.2) is 4.98 Å². The Hall–Kier alpha value is -3.10. The first kappa shape index (κ1) is 17.7. The summed E-state index contributed by atoms with van der Waals surface area (Å²) < 4.78 is 10.6. The van der Waals surface area contributed by atoms with Crippen LogP contribution in [-0.4, -0.2) is 18.7 Å². The first-order valence-corrected chi connectivity index (χ1v) is 9.06. The first-order valence-electron chi connectivity index (χ1n) is 8.18. The van der Waals surface area contributed by atoms with Crippen molar-refractivity contribution in [3.05, 3.63) is 64.5 Å². The van der Waals surface area contributed by atoms with Crippen molar-refractivity contribution < 1.29 is 9.47 Å². The molecule has 26 heavy (non-hydrogen) atoms. The molecule has 3 aromatic rings. The molecule has 0 N–H and O–H groups in total. The topological polar surface area (TPSA) is 55.1 Å². The second-order valence-electron chi connectivity index (χ2n) is 5.44. The standard InChI is InChI=1S/C21H18N2O2S/c1-3-25-19-10-6-16(7-11-19)20-14-26-21(23-20)17(13-22)12-15-4-8-18(24-2)9-5-15/h4-12,14H,3H2,1-2H3/b17-12-. The van der Waals surface area contributed by atoms with Crippen LogP contribution in [0.2, 0.25) is 0 Å². The molecule has 3 rings (SSSR count). The normalized spacial score (nSPS) is 11.0. The van der Waals surface area contributed by atoms with Crippen molar-refractivity contribution in [3.8, 4) is 28.8 Å². The number of benzene rings is 2. The molecule has 0 atom stereocenters. The van der Waals surface area contributed by atoms with Gasteiger partial charge in [-0.15, -0.1) is 11.3 Å². The molecule has 0 aliphatic carbocycles. The summed E-state index contributed by atoms with van der Waals surface area (Å²) in [5.74, 6) is 1.62. The minimum atomic E-state index is 0.539. The third kappa shape index (κ3) is 4.11. The van der Waals surface area contributed by atoms with Gasteiger partial charge < -0.3 is 9.47 Å². The molecular formula is C21H18N2O2S. The fourth-order valence-corrected chi connectivity index (χ4v) is 3.22. The molecule has 2 aromatic carbocycles. The monoisotopic (exact) mass is 362 g/mol. The van der Waals surface area contributed by atoms with E-state index in [0.717, 1.165) is 28.3 Å². The van der Waals surface area contributed by atoms with Gasteiger partial charge in [-0.3, -0.25) is 0 Å². The van der Waals surface area contributed by atoms with E-state index in [2.05, 4.69) is 11.1 Å². The Bertz CT molecular complexity index is 935. The van der Waals surface area contributed by atoms with Gasteiger partial charge in [-0.2, -0.15) is 5.26 Å². The van der Waals surface area contributed by atoms with Crippen molar-refractivity contribution in [3.63, 3.8) is 0 Å². The quantitative estimate of drug-likeness (QED) is 0.560. The van der Waals surface area contributed by atoms with E-state index in [4.69, 9.17) is 9.47 Å². The molecule has 0 saturated heterocycles. The highest BCUT2D eigenvalue weighted by Gasteiger charge is 2.09. The number of thiazole rings is 1. The number of allylic oxidation sites excluding steroid dienone is 1. The number of ether oxygens (including phenoxy) is 2. The van der Waals surface area contributed by atoms with Crippen molar-refractivity contribution >= 4 is 23.0 Å². The number of hydrogen-bond donors (Lipinski definition) is 0. The lowest BCUT2D eigenvalue weighted by Gasteiger charge is -2.03. The fourth-order valence-electron chi connectivity index (χ4n) is 2.43. The molecule has 1 aromatic heterocycles. The lowest BCUT2D eigenvalue weighted by Crippen LogP contribution is -1.90. The maximum absolute atomic E-state index is 9.52. The maximum atomic E-state index is 9.52. The first-order chi connectivity index (χ1) is 12.7. The van der Waals surface area contributed by atoms with Gasteiger partial charge in [0.1, 0.15) is 22.6 Å². The van der Waals surface area contributed by atoms with E-state index >= 15 is 0 Å². The number of nitriles is 1. The van der Waals surface area contributed by atoms with E-state index in [1.165, 1.54) is 11.3 Å². The van der Waals surface area contributed by atoms with Crippen LogP contribution < -0.4 is 9.47 Å². The molecule has 5 heteroatoms. The number of rotatable bonds is 6. The SMILES string of the molecule is CCOc1ccc(-c2csc(/C(C#N)=C\c3ccc(OC)cc3)n2)cc1. The Morgan fingerprint density at radius 2 is 1.81 bits per heavy atom. The van der Waals surface area contributed by atoms with Crippen LogP contribution in [0.3, 0.4) is 0 Å². The summed E-state index contributed by atoms with van der Waals surface area (Å²) in [6, 6.07) is 17.6. The average molecular weight is 362 g/mol. The number of methoxy groups -OCH3 is 1. The minimum absolute atomic E-state index is 0.539. The zero-order valence-corrected chi connectivity index (χ0v) is 15.4. The largest absolute Gasteiger partial charge is 0.497 e. The predicted molar refractivity (Wildman–Crippen MR) is 105 cm³/mol. The Morgan fingerprint density at radius 1 is 1.12 bits per heavy atom. The van der Waals surface area contributed by atoms with Crippen LogP contribution in [0, 0.1) is 11.3 Å². The van der Waals surface area contributed by atoms with E-state index in [9.17, 15) is 5.26 Å². The molecule has 1 heterocycles. The van der Waals surface area contributed by atoms with Gasteiger partial charge in [0, 0.05) is 10.9 Å². The third-order valence-corrected chi connectivity index (χ3v) is 4.62. The van der Waals surface area contributed by atoms with Gasteiger partial charge in [0.15, 0.2) is 0 Å². The number of aromatic nitrogens is 1. The molecule has 0 aliphatic rings. The molecule has 0 amide bonds. The fraction of sp³-hybridized carbons (Fsp3) is 0.143. The summed E-state index contributed by atoms with van der Waals surface area (Å²) in [4.78, 5) is 4.62. The second-order valence-corrected chi connectivity index (χ2v) is 6.30. The van der Waals surface area contributed by atoms with E-state index in [1.807, 2.05) is 66.9 Å². The van der Waals surface area contributed by atoms with Crippen molar-refractivity contribution in [2.45, 2.75) is 6.92 Å². The molecule has 0 fully saturated rings. The summed E-state index contributed by atoms with van der Waals surface area (Å²) in [6.07, 6.45) is 1.83. The summed E-state index contributed by atoms with van der Waals surface area (Å²) in [5.41, 5.74) is 3.32. The Labute approximate surface area is 157 Å². The lowest BCUT2D eigenvalue weighted by molar-refractivity contribution is 0.340. The second kappa shape index (κ2) is 8.32. The Balaban J connectivity index is 1.84. The molecule has 130 valence electrons. The van der Waals surface area contributed by atoms with Crippen molar-refractivity contribution in [2.75, 3.05) is 13.7 Å². The molecule has 0 saturated carbocycles. The Kier molecular flexibility index (Phi) is 5.67. The molecule has 0 bridgehead atoms. The van der Waals surface area contributed by atoms with E-state index in [-0.39, 0.29) is 0 Å². The molecule has 0 unspecified atom stereocenters. The van der Waals surface area contributed by atoms with Crippen LogP contribution in [-0.2, 0) is 0 Å². The summed E-state index contributed by atoms with van der Waals surface area (Å²) in [5, 5.41) is 12.2.